The van der Waals surface area contributed by atoms with Crippen molar-refractivity contribution in [2.45, 2.75) is 20.0 Å². The third kappa shape index (κ3) is 4.97. The Morgan fingerprint density at radius 3 is 2.45 bits per heavy atom. The molecule has 2 heterocycles. The van der Waals surface area contributed by atoms with Crippen molar-refractivity contribution in [2.24, 2.45) is 11.7 Å². The quantitative estimate of drug-likeness (QED) is 0.739. The first-order valence-electron chi connectivity index (χ1n) is 8.20. The second-order valence-corrected chi connectivity index (χ2v) is 6.33. The van der Waals surface area contributed by atoms with E-state index in [1.165, 1.54) is 26.2 Å². The fourth-order valence-corrected chi connectivity index (χ4v) is 3.14. The molecule has 20 heavy (non-hydrogen) atoms. The van der Waals surface area contributed by atoms with Gasteiger partial charge in [-0.25, -0.2) is 0 Å². The molecule has 2 fully saturated rings. The zero-order chi connectivity index (χ0) is 14.4. The van der Waals surface area contributed by atoms with E-state index < -0.39 is 0 Å². The molecule has 2 atom stereocenters. The number of nitrogens with two attached hydrogens (primary N) is 1. The Hall–Kier alpha value is -0.200. The Labute approximate surface area is 124 Å². The number of likely N-dealkylation sites (N-methyl/N-ethyl adjacent to an activating group) is 1. The number of rotatable bonds is 6. The van der Waals surface area contributed by atoms with Crippen LogP contribution in [0.2, 0.25) is 0 Å². The minimum absolute atomic E-state index is 0.401. The van der Waals surface area contributed by atoms with Gasteiger partial charge in [-0.1, -0.05) is 13.8 Å². The second kappa shape index (κ2) is 8.29. The third-order valence-corrected chi connectivity index (χ3v) is 4.57. The maximum absolute atomic E-state index is 5.91. The standard InChI is InChI=1S/C15H32N4O/c1-3-17-8-9-20-15(12-17)13-19-6-4-18(5-7-19)11-14(2)10-16/h14-15H,3-13,16H2,1-2H3. The summed E-state index contributed by atoms with van der Waals surface area (Å²) in [6.07, 6.45) is 0.401. The molecule has 0 aromatic rings. The van der Waals surface area contributed by atoms with Gasteiger partial charge in [-0.15, -0.1) is 0 Å². The Kier molecular flexibility index (Phi) is 6.71. The lowest BCUT2D eigenvalue weighted by molar-refractivity contribution is -0.0470. The van der Waals surface area contributed by atoms with Crippen molar-refractivity contribution in [1.29, 1.82) is 0 Å². The van der Waals surface area contributed by atoms with E-state index in [4.69, 9.17) is 10.5 Å². The normalized spacial score (nSPS) is 28.6. The van der Waals surface area contributed by atoms with Gasteiger partial charge in [0.25, 0.3) is 0 Å². The number of nitrogens with zero attached hydrogens (tertiary/aromatic N) is 3. The van der Waals surface area contributed by atoms with E-state index >= 15 is 0 Å². The van der Waals surface area contributed by atoms with Crippen LogP contribution in [-0.4, -0.2) is 92.9 Å². The Bertz CT molecular complexity index is 269. The van der Waals surface area contributed by atoms with Gasteiger partial charge in [-0.3, -0.25) is 9.80 Å². The zero-order valence-electron chi connectivity index (χ0n) is 13.3. The van der Waals surface area contributed by atoms with E-state index in [0.29, 0.717) is 12.0 Å². The van der Waals surface area contributed by atoms with Gasteiger partial charge < -0.3 is 15.4 Å². The summed E-state index contributed by atoms with van der Waals surface area (Å²) in [5.41, 5.74) is 5.71. The first-order valence-corrected chi connectivity index (χ1v) is 8.20. The highest BCUT2D eigenvalue weighted by atomic mass is 16.5. The molecule has 2 aliphatic heterocycles. The molecule has 0 amide bonds. The topological polar surface area (TPSA) is 45.0 Å². The maximum Gasteiger partial charge on any atom is 0.0829 e. The summed E-state index contributed by atoms with van der Waals surface area (Å²) in [5, 5.41) is 0. The fraction of sp³-hybridized carbons (Fsp3) is 1.00. The summed E-state index contributed by atoms with van der Waals surface area (Å²) in [7, 11) is 0. The van der Waals surface area contributed by atoms with Crippen LogP contribution < -0.4 is 5.73 Å². The first kappa shape index (κ1) is 16.2. The van der Waals surface area contributed by atoms with Crippen molar-refractivity contribution >= 4 is 0 Å². The number of hydrogen-bond donors (Lipinski definition) is 1. The lowest BCUT2D eigenvalue weighted by Crippen LogP contribution is -2.53. The maximum atomic E-state index is 5.91. The van der Waals surface area contributed by atoms with Crippen molar-refractivity contribution in [1.82, 2.24) is 14.7 Å². The average Bonchev–Trinajstić information content (AvgIpc) is 2.49. The molecule has 0 aliphatic carbocycles. The van der Waals surface area contributed by atoms with E-state index in [1.807, 2.05) is 0 Å². The molecule has 5 heteroatoms. The number of ether oxygens (including phenoxy) is 1. The van der Waals surface area contributed by atoms with Gasteiger partial charge >= 0.3 is 0 Å². The smallest absolute Gasteiger partial charge is 0.0829 e. The number of morpholine rings is 1. The van der Waals surface area contributed by atoms with Crippen LogP contribution in [0.1, 0.15) is 13.8 Å². The first-order chi connectivity index (χ1) is 9.71. The van der Waals surface area contributed by atoms with Crippen LogP contribution >= 0.6 is 0 Å². The highest BCUT2D eigenvalue weighted by molar-refractivity contribution is 4.79. The molecule has 118 valence electrons. The van der Waals surface area contributed by atoms with E-state index in [2.05, 4.69) is 28.5 Å². The highest BCUT2D eigenvalue weighted by Gasteiger charge is 2.24. The van der Waals surface area contributed by atoms with Gasteiger partial charge in [0, 0.05) is 52.4 Å². The van der Waals surface area contributed by atoms with Crippen LogP contribution in [0, 0.1) is 5.92 Å². The predicted octanol–water partition coefficient (Wildman–Crippen LogP) is -0.0805. The molecule has 0 saturated carbocycles. The largest absolute Gasteiger partial charge is 0.374 e. The minimum atomic E-state index is 0.401. The van der Waals surface area contributed by atoms with Crippen LogP contribution in [0.3, 0.4) is 0 Å². The molecule has 2 saturated heterocycles. The van der Waals surface area contributed by atoms with Crippen LogP contribution in [0.4, 0.5) is 0 Å². The molecule has 0 aromatic carbocycles. The van der Waals surface area contributed by atoms with Crippen molar-refractivity contribution in [3.8, 4) is 0 Å². The van der Waals surface area contributed by atoms with Gasteiger partial charge in [-0.05, 0) is 19.0 Å². The zero-order valence-corrected chi connectivity index (χ0v) is 13.3. The molecule has 2 unspecified atom stereocenters. The van der Waals surface area contributed by atoms with Crippen LogP contribution in [-0.2, 0) is 4.74 Å². The highest BCUT2D eigenvalue weighted by Crippen LogP contribution is 2.10. The molecule has 2 aliphatic rings. The van der Waals surface area contributed by atoms with Gasteiger partial charge in [-0.2, -0.15) is 0 Å². The Morgan fingerprint density at radius 2 is 1.80 bits per heavy atom. The van der Waals surface area contributed by atoms with Gasteiger partial charge in [0.15, 0.2) is 0 Å². The summed E-state index contributed by atoms with van der Waals surface area (Å²) in [4.78, 5) is 7.61. The number of piperazine rings is 1. The van der Waals surface area contributed by atoms with Gasteiger partial charge in [0.1, 0.15) is 0 Å². The predicted molar refractivity (Wildman–Crippen MR) is 83.0 cm³/mol. The molecule has 0 aromatic heterocycles. The monoisotopic (exact) mass is 284 g/mol. The lowest BCUT2D eigenvalue weighted by atomic mass is 10.1. The summed E-state index contributed by atoms with van der Waals surface area (Å²) < 4.78 is 5.91. The van der Waals surface area contributed by atoms with E-state index in [-0.39, 0.29) is 0 Å². The summed E-state index contributed by atoms with van der Waals surface area (Å²) in [5.74, 6) is 0.612. The molecule has 2 rings (SSSR count). The van der Waals surface area contributed by atoms with E-state index in [0.717, 1.165) is 45.9 Å². The molecule has 0 radical (unpaired) electrons. The SMILES string of the molecule is CCN1CCOC(CN2CCN(CC(C)CN)CC2)C1. The van der Waals surface area contributed by atoms with Crippen molar-refractivity contribution in [3.63, 3.8) is 0 Å². The molecule has 0 spiro atoms. The third-order valence-electron chi connectivity index (χ3n) is 4.57. The Balaban J connectivity index is 1.66. The molecular weight excluding hydrogens is 252 g/mol. The van der Waals surface area contributed by atoms with Crippen LogP contribution in [0.25, 0.3) is 0 Å². The molecule has 5 nitrogen and oxygen atoms in total. The van der Waals surface area contributed by atoms with Gasteiger partial charge in [0.05, 0.1) is 12.7 Å². The summed E-state index contributed by atoms with van der Waals surface area (Å²) in [6.45, 7) is 16.4. The lowest BCUT2D eigenvalue weighted by Gasteiger charge is -2.39. The van der Waals surface area contributed by atoms with Crippen molar-refractivity contribution < 1.29 is 4.74 Å². The second-order valence-electron chi connectivity index (χ2n) is 6.33. The summed E-state index contributed by atoms with van der Waals surface area (Å²) >= 11 is 0. The average molecular weight is 284 g/mol. The summed E-state index contributed by atoms with van der Waals surface area (Å²) in [6, 6.07) is 0. The molecular formula is C15H32N4O. The van der Waals surface area contributed by atoms with Crippen molar-refractivity contribution in [3.05, 3.63) is 0 Å². The Morgan fingerprint density at radius 1 is 1.10 bits per heavy atom. The van der Waals surface area contributed by atoms with Crippen LogP contribution in [0.15, 0.2) is 0 Å². The van der Waals surface area contributed by atoms with Gasteiger partial charge in [0.2, 0.25) is 0 Å². The minimum Gasteiger partial charge on any atom is -0.374 e. The molecule has 2 N–H and O–H groups in total. The number of hydrogen-bond acceptors (Lipinski definition) is 5. The molecule has 0 bridgehead atoms. The fourth-order valence-electron chi connectivity index (χ4n) is 3.14. The van der Waals surface area contributed by atoms with E-state index in [1.54, 1.807) is 0 Å². The van der Waals surface area contributed by atoms with Crippen LogP contribution in [0.5, 0.6) is 0 Å². The van der Waals surface area contributed by atoms with E-state index in [9.17, 15) is 0 Å². The van der Waals surface area contributed by atoms with Crippen molar-refractivity contribution in [2.75, 3.05) is 72.1 Å².